The van der Waals surface area contributed by atoms with Gasteiger partial charge in [0.05, 0.1) is 11.7 Å². The van der Waals surface area contributed by atoms with Gasteiger partial charge in [0.25, 0.3) is 0 Å². The van der Waals surface area contributed by atoms with Crippen molar-refractivity contribution in [3.05, 3.63) is 40.8 Å². The largest absolute Gasteiger partial charge is 0.383 e. The lowest BCUT2D eigenvalue weighted by Gasteiger charge is -2.13. The number of nitrogens with two attached hydrogens (primary N) is 1. The Hall–Kier alpha value is -1.69. The fourth-order valence-corrected chi connectivity index (χ4v) is 1.80. The van der Waals surface area contributed by atoms with Crippen LogP contribution in [0.3, 0.4) is 0 Å². The highest BCUT2D eigenvalue weighted by Gasteiger charge is 2.08. The van der Waals surface area contributed by atoms with Crippen molar-refractivity contribution in [2.45, 2.75) is 13.0 Å². The molecule has 0 aliphatic rings. The Labute approximate surface area is 108 Å². The van der Waals surface area contributed by atoms with Gasteiger partial charge in [0.2, 0.25) is 5.95 Å². The molecule has 0 aliphatic carbocycles. The molecule has 0 bridgehead atoms. The molecule has 2 aromatic heterocycles. The van der Waals surface area contributed by atoms with Crippen molar-refractivity contribution < 1.29 is 0 Å². The molecule has 0 aliphatic heterocycles. The summed E-state index contributed by atoms with van der Waals surface area (Å²) < 4.78 is 0.653. The Kier molecular flexibility index (Phi) is 3.53. The molecule has 3 N–H and O–H groups in total. The number of nitrogen functional groups attached to an aromatic ring is 1. The van der Waals surface area contributed by atoms with Crippen LogP contribution in [0.1, 0.15) is 18.7 Å². The van der Waals surface area contributed by atoms with Gasteiger partial charge < -0.3 is 11.1 Å². The molecule has 0 amide bonds. The van der Waals surface area contributed by atoms with Crippen LogP contribution in [-0.4, -0.2) is 15.0 Å². The van der Waals surface area contributed by atoms with Gasteiger partial charge in [0.1, 0.15) is 10.4 Å². The van der Waals surface area contributed by atoms with Crippen LogP contribution in [0.25, 0.3) is 0 Å². The van der Waals surface area contributed by atoms with Crippen molar-refractivity contribution >= 4 is 27.7 Å². The molecule has 88 valence electrons. The smallest absolute Gasteiger partial charge is 0.226 e. The van der Waals surface area contributed by atoms with Gasteiger partial charge in [-0.25, -0.2) is 4.98 Å². The molecule has 2 rings (SSSR count). The van der Waals surface area contributed by atoms with Crippen LogP contribution in [0.15, 0.2) is 35.1 Å². The Bertz CT molecular complexity index is 482. The maximum Gasteiger partial charge on any atom is 0.226 e. The molecule has 6 heteroatoms. The summed E-state index contributed by atoms with van der Waals surface area (Å²) in [7, 11) is 0. The van der Waals surface area contributed by atoms with Gasteiger partial charge in [-0.2, -0.15) is 4.98 Å². The molecule has 0 radical (unpaired) electrons. The van der Waals surface area contributed by atoms with E-state index in [0.717, 1.165) is 5.69 Å². The molecule has 0 spiro atoms. The molecule has 0 saturated carbocycles. The number of hydrogen-bond acceptors (Lipinski definition) is 5. The van der Waals surface area contributed by atoms with E-state index in [9.17, 15) is 0 Å². The second-order valence-electron chi connectivity index (χ2n) is 3.56. The minimum atomic E-state index is 0.0184. The fourth-order valence-electron chi connectivity index (χ4n) is 1.40. The topological polar surface area (TPSA) is 76.7 Å². The number of hydrogen-bond donors (Lipinski definition) is 2. The molecule has 2 aromatic rings. The summed E-state index contributed by atoms with van der Waals surface area (Å²) in [6, 6.07) is 7.43. The van der Waals surface area contributed by atoms with Crippen molar-refractivity contribution in [1.82, 2.24) is 15.0 Å². The highest BCUT2D eigenvalue weighted by Crippen LogP contribution is 2.17. The van der Waals surface area contributed by atoms with E-state index in [4.69, 9.17) is 5.73 Å². The lowest BCUT2D eigenvalue weighted by atomic mass is 10.2. The highest BCUT2D eigenvalue weighted by atomic mass is 79.9. The third-order valence-corrected chi connectivity index (χ3v) is 2.60. The Morgan fingerprint density at radius 3 is 2.82 bits per heavy atom. The highest BCUT2D eigenvalue weighted by molar-refractivity contribution is 9.10. The maximum absolute atomic E-state index is 5.64. The minimum absolute atomic E-state index is 0.0184. The van der Waals surface area contributed by atoms with E-state index in [-0.39, 0.29) is 6.04 Å². The van der Waals surface area contributed by atoms with E-state index in [1.807, 2.05) is 25.1 Å². The van der Waals surface area contributed by atoms with Gasteiger partial charge >= 0.3 is 0 Å². The summed E-state index contributed by atoms with van der Waals surface area (Å²) in [6.07, 6.45) is 1.75. The number of rotatable bonds is 3. The first kappa shape index (κ1) is 11.8. The van der Waals surface area contributed by atoms with Crippen LogP contribution in [-0.2, 0) is 0 Å². The normalized spacial score (nSPS) is 12.1. The molecule has 1 unspecified atom stereocenters. The van der Waals surface area contributed by atoms with Gasteiger partial charge in [-0.1, -0.05) is 6.07 Å². The molecule has 0 aromatic carbocycles. The van der Waals surface area contributed by atoms with Crippen LogP contribution < -0.4 is 11.1 Å². The van der Waals surface area contributed by atoms with Crippen molar-refractivity contribution in [2.75, 3.05) is 11.1 Å². The number of pyridine rings is 1. The zero-order valence-electron chi connectivity index (χ0n) is 9.26. The fraction of sp³-hybridized carbons (Fsp3) is 0.182. The number of halogens is 1. The number of aromatic nitrogens is 3. The zero-order chi connectivity index (χ0) is 12.3. The van der Waals surface area contributed by atoms with Crippen LogP contribution in [0.2, 0.25) is 0 Å². The van der Waals surface area contributed by atoms with E-state index < -0.39 is 0 Å². The molecule has 2 heterocycles. The number of nitrogens with zero attached hydrogens (tertiary/aromatic N) is 3. The van der Waals surface area contributed by atoms with E-state index in [1.165, 1.54) is 0 Å². The first-order valence-electron chi connectivity index (χ1n) is 5.12. The minimum Gasteiger partial charge on any atom is -0.383 e. The monoisotopic (exact) mass is 293 g/mol. The van der Waals surface area contributed by atoms with Crippen LogP contribution in [0.4, 0.5) is 11.8 Å². The number of anilines is 2. The standard InChI is InChI=1S/C11H12BrN5/c1-7(8-4-2-3-5-14-8)15-11-16-9(12)6-10(13)17-11/h2-7H,1H3,(H3,13,15,16,17). The van der Waals surface area contributed by atoms with Crippen molar-refractivity contribution in [1.29, 1.82) is 0 Å². The molecular weight excluding hydrogens is 282 g/mol. The van der Waals surface area contributed by atoms with E-state index >= 15 is 0 Å². The molecule has 0 fully saturated rings. The molecule has 17 heavy (non-hydrogen) atoms. The van der Waals surface area contributed by atoms with Crippen molar-refractivity contribution in [2.24, 2.45) is 0 Å². The first-order chi connectivity index (χ1) is 8.15. The van der Waals surface area contributed by atoms with Gasteiger partial charge in [0.15, 0.2) is 0 Å². The summed E-state index contributed by atoms with van der Waals surface area (Å²) in [4.78, 5) is 12.5. The first-order valence-corrected chi connectivity index (χ1v) is 5.92. The van der Waals surface area contributed by atoms with Crippen LogP contribution >= 0.6 is 15.9 Å². The maximum atomic E-state index is 5.64. The van der Waals surface area contributed by atoms with Gasteiger partial charge in [0, 0.05) is 12.3 Å². The van der Waals surface area contributed by atoms with Crippen LogP contribution in [0.5, 0.6) is 0 Å². The predicted octanol–water partition coefficient (Wildman–Crippen LogP) is 2.39. The van der Waals surface area contributed by atoms with E-state index in [2.05, 4.69) is 36.2 Å². The SMILES string of the molecule is CC(Nc1nc(N)cc(Br)n1)c1ccccn1. The van der Waals surface area contributed by atoms with E-state index in [1.54, 1.807) is 12.3 Å². The molecule has 0 saturated heterocycles. The molecule has 5 nitrogen and oxygen atoms in total. The Morgan fingerprint density at radius 2 is 2.18 bits per heavy atom. The predicted molar refractivity (Wildman–Crippen MR) is 70.4 cm³/mol. The number of nitrogens with one attached hydrogen (secondary N) is 1. The summed E-state index contributed by atoms with van der Waals surface area (Å²) >= 11 is 3.27. The second-order valence-corrected chi connectivity index (χ2v) is 4.37. The quantitative estimate of drug-likeness (QED) is 0.850. The summed E-state index contributed by atoms with van der Waals surface area (Å²) in [5, 5.41) is 3.15. The lowest BCUT2D eigenvalue weighted by molar-refractivity contribution is 0.821. The van der Waals surface area contributed by atoms with Gasteiger partial charge in [-0.15, -0.1) is 0 Å². The zero-order valence-corrected chi connectivity index (χ0v) is 10.8. The van der Waals surface area contributed by atoms with Crippen molar-refractivity contribution in [3.8, 4) is 0 Å². The van der Waals surface area contributed by atoms with Gasteiger partial charge in [-0.05, 0) is 35.0 Å². The van der Waals surface area contributed by atoms with E-state index in [0.29, 0.717) is 16.4 Å². The van der Waals surface area contributed by atoms with Crippen LogP contribution in [0, 0.1) is 0 Å². The third-order valence-electron chi connectivity index (χ3n) is 2.19. The third kappa shape index (κ3) is 3.13. The summed E-state index contributed by atoms with van der Waals surface area (Å²) in [6.45, 7) is 1.99. The average molecular weight is 294 g/mol. The van der Waals surface area contributed by atoms with Crippen molar-refractivity contribution in [3.63, 3.8) is 0 Å². The second kappa shape index (κ2) is 5.09. The summed E-state index contributed by atoms with van der Waals surface area (Å²) in [5.74, 6) is 0.901. The molecular formula is C11H12BrN5. The lowest BCUT2D eigenvalue weighted by Crippen LogP contribution is -2.11. The average Bonchev–Trinajstić information content (AvgIpc) is 2.28. The Morgan fingerprint density at radius 1 is 1.35 bits per heavy atom. The Balaban J connectivity index is 2.16. The van der Waals surface area contributed by atoms with Gasteiger partial charge in [-0.3, -0.25) is 4.98 Å². The summed E-state index contributed by atoms with van der Waals surface area (Å²) in [5.41, 5.74) is 6.56. The molecule has 1 atom stereocenters.